The normalized spacial score (nSPS) is 28.9. The molecule has 4 aliphatic heterocycles. The zero-order valence-corrected chi connectivity index (χ0v) is 20.5. The molecule has 7 nitrogen and oxygen atoms in total. The predicted molar refractivity (Wildman–Crippen MR) is 129 cm³/mol. The van der Waals surface area contributed by atoms with Gasteiger partial charge in [-0.05, 0) is 77.0 Å². The van der Waals surface area contributed by atoms with Crippen molar-refractivity contribution in [3.05, 3.63) is 35.6 Å². The molecule has 1 aromatic rings. The predicted octanol–water partition coefficient (Wildman–Crippen LogP) is 1.68. The van der Waals surface area contributed by atoms with Crippen LogP contribution in [0.5, 0.6) is 0 Å². The summed E-state index contributed by atoms with van der Waals surface area (Å²) >= 11 is 0. The first-order chi connectivity index (χ1) is 16.3. The quantitative estimate of drug-likeness (QED) is 0.724. The molecule has 0 aromatic heterocycles. The number of nitrogens with one attached hydrogen (secondary N) is 1. The Morgan fingerprint density at radius 2 is 1.74 bits per heavy atom. The minimum Gasteiger partial charge on any atom is -0.348 e. The van der Waals surface area contributed by atoms with E-state index in [1.165, 1.54) is 12.1 Å². The van der Waals surface area contributed by atoms with Gasteiger partial charge in [-0.1, -0.05) is 12.1 Å². The molecule has 4 heterocycles. The Balaban J connectivity index is 1.19. The standard InChI is InChI=1S/C26H38FN5O2/c1-29-11-7-21(8-12-29)30(2)22-15-23-25(34)28-26(16-24(33)32(23)18-22)9-13-31(14-10-26)17-19-3-5-20(27)6-4-19/h3-6,21-23H,7-18H2,1-2H3,(H,28,34)/t22-,23-/m0/s1. The molecule has 2 atom stereocenters. The highest BCUT2D eigenvalue weighted by atomic mass is 19.1. The maximum atomic E-state index is 13.4. The van der Waals surface area contributed by atoms with Crippen molar-refractivity contribution in [3.8, 4) is 0 Å². The van der Waals surface area contributed by atoms with E-state index in [9.17, 15) is 14.0 Å². The van der Waals surface area contributed by atoms with Gasteiger partial charge in [-0.25, -0.2) is 4.39 Å². The van der Waals surface area contributed by atoms with E-state index in [0.717, 1.165) is 70.4 Å². The minimum absolute atomic E-state index is 0.0251. The van der Waals surface area contributed by atoms with E-state index >= 15 is 0 Å². The highest BCUT2D eigenvalue weighted by Crippen LogP contribution is 2.34. The van der Waals surface area contributed by atoms with Gasteiger partial charge in [0, 0.05) is 38.3 Å². The molecule has 1 spiro atoms. The first-order valence-corrected chi connectivity index (χ1v) is 12.8. The van der Waals surface area contributed by atoms with Gasteiger partial charge in [0.2, 0.25) is 11.8 Å². The summed E-state index contributed by atoms with van der Waals surface area (Å²) in [5.74, 6) is -0.0759. The van der Waals surface area contributed by atoms with Crippen LogP contribution in [-0.2, 0) is 16.1 Å². The van der Waals surface area contributed by atoms with E-state index in [0.29, 0.717) is 19.0 Å². The molecule has 1 aromatic carbocycles. The van der Waals surface area contributed by atoms with E-state index in [2.05, 4.69) is 34.1 Å². The molecule has 0 unspecified atom stereocenters. The summed E-state index contributed by atoms with van der Waals surface area (Å²) in [4.78, 5) is 35.7. The fourth-order valence-electron chi connectivity index (χ4n) is 6.40. The van der Waals surface area contributed by atoms with Gasteiger partial charge in [0.05, 0.1) is 12.0 Å². The van der Waals surface area contributed by atoms with Crippen molar-refractivity contribution >= 4 is 11.8 Å². The Labute approximate surface area is 202 Å². The lowest BCUT2D eigenvalue weighted by atomic mass is 9.84. The topological polar surface area (TPSA) is 59.1 Å². The van der Waals surface area contributed by atoms with Crippen molar-refractivity contribution in [2.45, 2.75) is 68.7 Å². The highest BCUT2D eigenvalue weighted by molar-refractivity contribution is 5.92. The summed E-state index contributed by atoms with van der Waals surface area (Å²) in [7, 11) is 4.34. The van der Waals surface area contributed by atoms with E-state index in [1.54, 1.807) is 0 Å². The number of carbonyl (C=O) groups is 2. The molecule has 186 valence electrons. The molecule has 0 bridgehead atoms. The summed E-state index contributed by atoms with van der Waals surface area (Å²) in [6.45, 7) is 5.27. The molecule has 4 fully saturated rings. The van der Waals surface area contributed by atoms with Crippen LogP contribution < -0.4 is 5.32 Å². The number of benzene rings is 1. The third-order valence-electron chi connectivity index (χ3n) is 8.75. The molecule has 8 heteroatoms. The number of rotatable bonds is 4. The number of piperidine rings is 2. The fraction of sp³-hybridized carbons (Fsp3) is 0.692. The lowest BCUT2D eigenvalue weighted by Crippen LogP contribution is -2.56. The molecule has 0 radical (unpaired) electrons. The number of likely N-dealkylation sites (tertiary alicyclic amines) is 2. The third-order valence-corrected chi connectivity index (χ3v) is 8.75. The Kier molecular flexibility index (Phi) is 6.66. The zero-order valence-electron chi connectivity index (χ0n) is 20.5. The zero-order chi connectivity index (χ0) is 23.9. The number of carbonyl (C=O) groups excluding carboxylic acids is 2. The molecule has 0 aliphatic carbocycles. The van der Waals surface area contributed by atoms with E-state index in [1.807, 2.05) is 17.0 Å². The lowest BCUT2D eigenvalue weighted by Gasteiger charge is -2.41. The summed E-state index contributed by atoms with van der Waals surface area (Å²) in [6, 6.07) is 7.07. The summed E-state index contributed by atoms with van der Waals surface area (Å²) in [5.41, 5.74) is 0.645. The van der Waals surface area contributed by atoms with Crippen LogP contribution in [0, 0.1) is 5.82 Å². The van der Waals surface area contributed by atoms with Gasteiger partial charge < -0.3 is 15.1 Å². The van der Waals surface area contributed by atoms with Crippen LogP contribution in [-0.4, -0.2) is 102 Å². The number of hydrogen-bond donors (Lipinski definition) is 1. The SMILES string of the molecule is CN1CCC(N(C)[C@H]2C[C@H]3C(=O)NC4(CCN(Cc5ccc(F)cc5)CC4)CC(=O)N3C2)CC1. The van der Waals surface area contributed by atoms with Crippen molar-refractivity contribution in [2.24, 2.45) is 0 Å². The molecular formula is C26H38FN5O2. The Hall–Kier alpha value is -2.03. The van der Waals surface area contributed by atoms with Gasteiger partial charge in [-0.15, -0.1) is 0 Å². The van der Waals surface area contributed by atoms with Crippen LogP contribution in [0.1, 0.15) is 44.1 Å². The second-order valence-corrected chi connectivity index (χ2v) is 11.0. The molecule has 2 amide bonds. The highest BCUT2D eigenvalue weighted by Gasteiger charge is 2.49. The lowest BCUT2D eigenvalue weighted by molar-refractivity contribution is -0.135. The van der Waals surface area contributed by atoms with E-state index < -0.39 is 5.54 Å². The van der Waals surface area contributed by atoms with Gasteiger partial charge in [0.25, 0.3) is 0 Å². The van der Waals surface area contributed by atoms with Gasteiger partial charge in [-0.2, -0.15) is 0 Å². The smallest absolute Gasteiger partial charge is 0.243 e. The molecule has 1 N–H and O–H groups in total. The molecule has 4 saturated heterocycles. The van der Waals surface area contributed by atoms with Crippen LogP contribution >= 0.6 is 0 Å². The number of fused-ring (bicyclic) bond motifs is 1. The van der Waals surface area contributed by atoms with Crippen LogP contribution in [0.2, 0.25) is 0 Å². The number of amides is 2. The van der Waals surface area contributed by atoms with Crippen molar-refractivity contribution in [1.29, 1.82) is 0 Å². The Morgan fingerprint density at radius 1 is 1.06 bits per heavy atom. The number of hydrogen-bond acceptors (Lipinski definition) is 5. The maximum Gasteiger partial charge on any atom is 0.243 e. The average molecular weight is 472 g/mol. The summed E-state index contributed by atoms with van der Waals surface area (Å²) in [5, 5.41) is 3.33. The van der Waals surface area contributed by atoms with Crippen LogP contribution in [0.15, 0.2) is 24.3 Å². The van der Waals surface area contributed by atoms with Gasteiger partial charge >= 0.3 is 0 Å². The number of halogens is 1. The van der Waals surface area contributed by atoms with Crippen LogP contribution in [0.4, 0.5) is 4.39 Å². The number of nitrogens with zero attached hydrogens (tertiary/aromatic N) is 4. The van der Waals surface area contributed by atoms with Crippen molar-refractivity contribution < 1.29 is 14.0 Å². The van der Waals surface area contributed by atoms with Crippen molar-refractivity contribution in [1.82, 2.24) is 24.9 Å². The Morgan fingerprint density at radius 3 is 2.41 bits per heavy atom. The van der Waals surface area contributed by atoms with Gasteiger partial charge in [0.1, 0.15) is 11.9 Å². The molecule has 5 rings (SSSR count). The molecule has 34 heavy (non-hydrogen) atoms. The average Bonchev–Trinajstić information content (AvgIpc) is 3.25. The fourth-order valence-corrected chi connectivity index (χ4v) is 6.40. The largest absolute Gasteiger partial charge is 0.348 e. The van der Waals surface area contributed by atoms with E-state index in [-0.39, 0.29) is 29.7 Å². The first kappa shape index (κ1) is 23.7. The molecular weight excluding hydrogens is 433 g/mol. The number of likely N-dealkylation sites (N-methyl/N-ethyl adjacent to an activating group) is 1. The minimum atomic E-state index is -0.437. The van der Waals surface area contributed by atoms with Crippen molar-refractivity contribution in [3.63, 3.8) is 0 Å². The van der Waals surface area contributed by atoms with Crippen LogP contribution in [0.25, 0.3) is 0 Å². The monoisotopic (exact) mass is 471 g/mol. The third kappa shape index (κ3) is 4.86. The van der Waals surface area contributed by atoms with Gasteiger partial charge in [0.15, 0.2) is 0 Å². The van der Waals surface area contributed by atoms with Gasteiger partial charge in [-0.3, -0.25) is 19.4 Å². The maximum absolute atomic E-state index is 13.4. The van der Waals surface area contributed by atoms with Crippen molar-refractivity contribution in [2.75, 3.05) is 46.8 Å². The molecule has 4 aliphatic rings. The summed E-state index contributed by atoms with van der Waals surface area (Å²) < 4.78 is 13.2. The molecule has 0 saturated carbocycles. The first-order valence-electron chi connectivity index (χ1n) is 12.8. The van der Waals surface area contributed by atoms with E-state index in [4.69, 9.17) is 0 Å². The second kappa shape index (κ2) is 9.55. The van der Waals surface area contributed by atoms with Crippen LogP contribution in [0.3, 0.4) is 0 Å². The Bertz CT molecular complexity index is 865. The summed E-state index contributed by atoms with van der Waals surface area (Å²) in [6.07, 6.45) is 4.95. The second-order valence-electron chi connectivity index (χ2n) is 11.0.